The molecule has 3 aromatic rings. The number of hydrogen-bond donors (Lipinski definition) is 2. The Morgan fingerprint density at radius 2 is 2.09 bits per heavy atom. The van der Waals surface area contributed by atoms with Gasteiger partial charge in [-0.1, -0.05) is 12.1 Å². The van der Waals surface area contributed by atoms with Crippen molar-refractivity contribution in [1.29, 1.82) is 0 Å². The van der Waals surface area contributed by atoms with Crippen LogP contribution in [0, 0.1) is 0 Å². The van der Waals surface area contributed by atoms with Crippen LogP contribution >= 0.6 is 0 Å². The minimum absolute atomic E-state index is 0.0401. The fourth-order valence-corrected chi connectivity index (χ4v) is 3.18. The van der Waals surface area contributed by atoms with E-state index in [0.29, 0.717) is 11.7 Å². The number of aliphatic hydroxyl groups excluding tert-OH is 1. The van der Waals surface area contributed by atoms with Gasteiger partial charge < -0.3 is 14.5 Å². The molecule has 1 fully saturated rings. The maximum atomic E-state index is 9.05. The Balaban J connectivity index is 1.45. The van der Waals surface area contributed by atoms with Crippen molar-refractivity contribution >= 4 is 11.0 Å². The molecule has 0 bridgehead atoms. The molecule has 0 amide bonds. The predicted molar refractivity (Wildman–Crippen MR) is 83.4 cm³/mol. The number of fused-ring (bicyclic) bond motifs is 1. The quantitative estimate of drug-likeness (QED) is 0.777. The Labute approximate surface area is 128 Å². The van der Waals surface area contributed by atoms with Crippen LogP contribution in [0.2, 0.25) is 0 Å². The summed E-state index contributed by atoms with van der Waals surface area (Å²) < 4.78 is 5.57. The van der Waals surface area contributed by atoms with Crippen molar-refractivity contribution in [2.75, 3.05) is 13.1 Å². The summed E-state index contributed by atoms with van der Waals surface area (Å²) in [7, 11) is 0. The summed E-state index contributed by atoms with van der Waals surface area (Å²) in [6, 6.07) is 11.9. The van der Waals surface area contributed by atoms with Gasteiger partial charge in [-0.25, -0.2) is 4.98 Å². The molecule has 3 heterocycles. The Morgan fingerprint density at radius 1 is 1.23 bits per heavy atom. The fraction of sp³-hybridized carbons (Fsp3) is 0.353. The lowest BCUT2D eigenvalue weighted by Gasteiger charge is -2.13. The smallest absolute Gasteiger partial charge is 0.129 e. The molecule has 1 aliphatic rings. The second-order valence-corrected chi connectivity index (χ2v) is 5.89. The summed E-state index contributed by atoms with van der Waals surface area (Å²) in [6.45, 7) is 2.77. The average molecular weight is 297 g/mol. The lowest BCUT2D eigenvalue weighted by molar-refractivity contribution is 0.232. The molecule has 0 aliphatic carbocycles. The molecule has 2 N–H and O–H groups in total. The molecule has 1 unspecified atom stereocenters. The maximum Gasteiger partial charge on any atom is 0.129 e. The zero-order chi connectivity index (χ0) is 14.9. The molecule has 114 valence electrons. The predicted octanol–water partition coefficient (Wildman–Crippen LogP) is 2.64. The van der Waals surface area contributed by atoms with E-state index in [0.717, 1.165) is 48.7 Å². The molecule has 1 atom stereocenters. The van der Waals surface area contributed by atoms with E-state index in [1.54, 1.807) is 0 Å². The highest BCUT2D eigenvalue weighted by Crippen LogP contribution is 2.28. The van der Waals surface area contributed by atoms with Crippen molar-refractivity contribution in [2.24, 2.45) is 0 Å². The number of hydrogen-bond acceptors (Lipinski definition) is 4. The lowest BCUT2D eigenvalue weighted by Crippen LogP contribution is -2.19. The fourth-order valence-electron chi connectivity index (χ4n) is 3.18. The van der Waals surface area contributed by atoms with Crippen LogP contribution < -0.4 is 0 Å². The molecule has 2 aromatic heterocycles. The lowest BCUT2D eigenvalue weighted by atomic mass is 10.1. The van der Waals surface area contributed by atoms with Gasteiger partial charge in [0.25, 0.3) is 0 Å². The number of aromatic amines is 1. The number of rotatable bonds is 4. The van der Waals surface area contributed by atoms with E-state index in [1.807, 2.05) is 30.3 Å². The van der Waals surface area contributed by atoms with Crippen LogP contribution in [0.15, 0.2) is 40.8 Å². The Hall–Kier alpha value is -2.11. The van der Waals surface area contributed by atoms with Crippen LogP contribution in [-0.2, 0) is 13.2 Å². The standard InChI is InChI=1S/C17H19N3O2/c21-11-14-6-5-13(22-14)10-20-8-7-12(9-20)17-18-15-3-1-2-4-16(15)19-17/h1-6,12,21H,7-11H2,(H,18,19). The second-order valence-electron chi connectivity index (χ2n) is 5.89. The van der Waals surface area contributed by atoms with E-state index in [9.17, 15) is 0 Å². The summed E-state index contributed by atoms with van der Waals surface area (Å²) in [5, 5.41) is 9.05. The number of likely N-dealkylation sites (tertiary alicyclic amines) is 1. The first-order chi connectivity index (χ1) is 10.8. The normalized spacial score (nSPS) is 19.2. The second kappa shape index (κ2) is 5.59. The number of aliphatic hydroxyl groups is 1. The Morgan fingerprint density at radius 3 is 2.91 bits per heavy atom. The molecular weight excluding hydrogens is 278 g/mol. The third-order valence-electron chi connectivity index (χ3n) is 4.32. The van der Waals surface area contributed by atoms with E-state index in [1.165, 1.54) is 0 Å². The third kappa shape index (κ3) is 2.53. The molecule has 0 saturated carbocycles. The van der Waals surface area contributed by atoms with Gasteiger partial charge in [-0.05, 0) is 37.2 Å². The molecule has 1 saturated heterocycles. The molecule has 1 aromatic carbocycles. The monoisotopic (exact) mass is 297 g/mol. The molecule has 0 spiro atoms. The van der Waals surface area contributed by atoms with Gasteiger partial charge in [0.1, 0.15) is 24.0 Å². The number of nitrogens with one attached hydrogen (secondary N) is 1. The molecule has 5 nitrogen and oxygen atoms in total. The number of H-pyrrole nitrogens is 1. The first-order valence-corrected chi connectivity index (χ1v) is 7.67. The van der Waals surface area contributed by atoms with E-state index in [-0.39, 0.29) is 6.61 Å². The molecular formula is C17H19N3O2. The zero-order valence-corrected chi connectivity index (χ0v) is 12.3. The van der Waals surface area contributed by atoms with Gasteiger partial charge in [-0.2, -0.15) is 0 Å². The number of para-hydroxylation sites is 2. The molecule has 5 heteroatoms. The molecule has 1 aliphatic heterocycles. The topological polar surface area (TPSA) is 65.3 Å². The van der Waals surface area contributed by atoms with Gasteiger partial charge in [-0.15, -0.1) is 0 Å². The number of imidazole rings is 1. The van der Waals surface area contributed by atoms with Gasteiger partial charge in [0, 0.05) is 12.5 Å². The van der Waals surface area contributed by atoms with Crippen molar-refractivity contribution in [3.05, 3.63) is 53.7 Å². The van der Waals surface area contributed by atoms with Crippen molar-refractivity contribution in [3.8, 4) is 0 Å². The number of benzene rings is 1. The van der Waals surface area contributed by atoms with Crippen LogP contribution in [0.4, 0.5) is 0 Å². The van der Waals surface area contributed by atoms with Crippen LogP contribution in [0.1, 0.15) is 29.7 Å². The highest BCUT2D eigenvalue weighted by atomic mass is 16.4. The van der Waals surface area contributed by atoms with Gasteiger partial charge in [-0.3, -0.25) is 4.90 Å². The highest BCUT2D eigenvalue weighted by molar-refractivity contribution is 5.74. The van der Waals surface area contributed by atoms with Gasteiger partial charge in [0.05, 0.1) is 17.6 Å². The SMILES string of the molecule is OCc1ccc(CN2CCC(c3nc4ccccc4[nH]3)C2)o1. The van der Waals surface area contributed by atoms with Crippen molar-refractivity contribution in [1.82, 2.24) is 14.9 Å². The summed E-state index contributed by atoms with van der Waals surface area (Å²) in [4.78, 5) is 10.5. The number of nitrogens with zero attached hydrogens (tertiary/aromatic N) is 2. The highest BCUT2D eigenvalue weighted by Gasteiger charge is 2.26. The Bertz CT molecular complexity index is 744. The van der Waals surface area contributed by atoms with Crippen molar-refractivity contribution < 1.29 is 9.52 Å². The van der Waals surface area contributed by atoms with Gasteiger partial charge in [0.2, 0.25) is 0 Å². The van der Waals surface area contributed by atoms with Crippen molar-refractivity contribution in [2.45, 2.75) is 25.5 Å². The van der Waals surface area contributed by atoms with E-state index in [2.05, 4.69) is 16.0 Å². The van der Waals surface area contributed by atoms with Crippen LogP contribution in [0.25, 0.3) is 11.0 Å². The Kier molecular flexibility index (Phi) is 3.44. The number of aromatic nitrogens is 2. The minimum Gasteiger partial charge on any atom is -0.462 e. The largest absolute Gasteiger partial charge is 0.462 e. The van der Waals surface area contributed by atoms with Crippen LogP contribution in [0.3, 0.4) is 0 Å². The van der Waals surface area contributed by atoms with Crippen molar-refractivity contribution in [3.63, 3.8) is 0 Å². The van der Waals surface area contributed by atoms with Crippen LogP contribution in [0.5, 0.6) is 0 Å². The van der Waals surface area contributed by atoms with Gasteiger partial charge >= 0.3 is 0 Å². The molecule has 0 radical (unpaired) electrons. The molecule has 22 heavy (non-hydrogen) atoms. The summed E-state index contributed by atoms with van der Waals surface area (Å²) in [6.07, 6.45) is 1.10. The summed E-state index contributed by atoms with van der Waals surface area (Å²) >= 11 is 0. The maximum absolute atomic E-state index is 9.05. The van der Waals surface area contributed by atoms with Crippen LogP contribution in [-0.4, -0.2) is 33.1 Å². The summed E-state index contributed by atoms with van der Waals surface area (Å²) in [5.74, 6) is 3.07. The first-order valence-electron chi connectivity index (χ1n) is 7.67. The molecule has 4 rings (SSSR count). The average Bonchev–Trinajstić information content (AvgIpc) is 3.26. The minimum atomic E-state index is -0.0401. The van der Waals surface area contributed by atoms with E-state index < -0.39 is 0 Å². The van der Waals surface area contributed by atoms with Gasteiger partial charge in [0.15, 0.2) is 0 Å². The number of furan rings is 1. The van der Waals surface area contributed by atoms with E-state index >= 15 is 0 Å². The first kappa shape index (κ1) is 13.5. The van der Waals surface area contributed by atoms with E-state index in [4.69, 9.17) is 14.5 Å². The summed E-state index contributed by atoms with van der Waals surface area (Å²) in [5.41, 5.74) is 2.14. The third-order valence-corrected chi connectivity index (χ3v) is 4.32. The zero-order valence-electron chi connectivity index (χ0n) is 12.3.